The van der Waals surface area contributed by atoms with Gasteiger partial charge in [0, 0.05) is 11.9 Å². The summed E-state index contributed by atoms with van der Waals surface area (Å²) in [6.45, 7) is 2.36. The van der Waals surface area contributed by atoms with Crippen molar-refractivity contribution in [2.75, 3.05) is 13.4 Å². The van der Waals surface area contributed by atoms with Crippen LogP contribution in [0.5, 0.6) is 0 Å². The van der Waals surface area contributed by atoms with Crippen LogP contribution >= 0.6 is 11.8 Å². The Hall–Kier alpha value is 0.310. The lowest BCUT2D eigenvalue weighted by Crippen LogP contribution is -2.30. The number of hydrogen-bond donors (Lipinski definition) is 0. The van der Waals surface area contributed by atoms with Gasteiger partial charge >= 0.3 is 0 Å². The molecule has 1 rings (SSSR count). The molecule has 0 amide bonds. The number of hydrogen-bond acceptors (Lipinski definition) is 2. The van der Waals surface area contributed by atoms with Crippen molar-refractivity contribution in [3.8, 4) is 0 Å². The van der Waals surface area contributed by atoms with Crippen LogP contribution in [0.25, 0.3) is 0 Å². The molecule has 1 nitrogen and oxygen atoms in total. The van der Waals surface area contributed by atoms with E-state index in [4.69, 9.17) is 4.74 Å². The van der Waals surface area contributed by atoms with Gasteiger partial charge in [-0.25, -0.2) is 0 Å². The molecule has 0 radical (unpaired) electrons. The van der Waals surface area contributed by atoms with Crippen molar-refractivity contribution < 1.29 is 4.74 Å². The van der Waals surface area contributed by atoms with Gasteiger partial charge in [-0.05, 0) is 31.9 Å². The predicted octanol–water partition coefficient (Wildman–Crippen LogP) is 2.70. The average molecular weight is 174 g/mol. The molecule has 66 valence electrons. The van der Waals surface area contributed by atoms with E-state index in [1.807, 2.05) is 18.9 Å². The molecule has 0 N–H and O–H groups in total. The normalized spacial score (nSPS) is 39.0. The first-order valence-corrected chi connectivity index (χ1v) is 5.50. The minimum absolute atomic E-state index is 0.537. The van der Waals surface area contributed by atoms with E-state index in [9.17, 15) is 0 Å². The molecule has 1 saturated carbocycles. The molecular formula is C9H18OS. The number of ether oxygens (including phenoxy) is 1. The van der Waals surface area contributed by atoms with Gasteiger partial charge in [-0.2, -0.15) is 11.8 Å². The second-order valence-corrected chi connectivity index (χ2v) is 4.98. The minimum Gasteiger partial charge on any atom is -0.381 e. The summed E-state index contributed by atoms with van der Waals surface area (Å²) in [5.74, 6) is 0. The Balaban J connectivity index is 2.35. The van der Waals surface area contributed by atoms with Gasteiger partial charge in [0.2, 0.25) is 0 Å². The van der Waals surface area contributed by atoms with Crippen LogP contribution in [0.1, 0.15) is 32.6 Å². The molecule has 11 heavy (non-hydrogen) atoms. The maximum absolute atomic E-state index is 5.32. The molecule has 0 unspecified atom stereocenters. The summed E-state index contributed by atoms with van der Waals surface area (Å²) in [7, 11) is 1.83. The SMILES string of the molecule is COC1CCC(C)(SC)CC1. The molecule has 1 fully saturated rings. The van der Waals surface area contributed by atoms with Crippen molar-refractivity contribution in [3.63, 3.8) is 0 Å². The van der Waals surface area contributed by atoms with E-state index >= 15 is 0 Å². The molecule has 0 heterocycles. The molecule has 0 aromatic heterocycles. The highest BCUT2D eigenvalue weighted by atomic mass is 32.2. The Morgan fingerprint density at radius 1 is 1.36 bits per heavy atom. The van der Waals surface area contributed by atoms with E-state index in [2.05, 4.69) is 13.2 Å². The molecular weight excluding hydrogens is 156 g/mol. The second-order valence-electron chi connectivity index (χ2n) is 3.59. The van der Waals surface area contributed by atoms with E-state index in [1.165, 1.54) is 25.7 Å². The molecule has 0 aromatic carbocycles. The smallest absolute Gasteiger partial charge is 0.0572 e. The van der Waals surface area contributed by atoms with E-state index in [0.29, 0.717) is 10.9 Å². The first kappa shape index (κ1) is 9.40. The zero-order valence-electron chi connectivity index (χ0n) is 7.72. The largest absolute Gasteiger partial charge is 0.381 e. The molecule has 0 spiro atoms. The van der Waals surface area contributed by atoms with E-state index in [0.717, 1.165) is 0 Å². The summed E-state index contributed by atoms with van der Waals surface area (Å²) < 4.78 is 5.86. The van der Waals surface area contributed by atoms with Crippen molar-refractivity contribution in [1.29, 1.82) is 0 Å². The summed E-state index contributed by atoms with van der Waals surface area (Å²) in [6, 6.07) is 0. The van der Waals surface area contributed by atoms with Crippen LogP contribution in [0.3, 0.4) is 0 Å². The lowest BCUT2D eigenvalue weighted by Gasteiger charge is -2.35. The lowest BCUT2D eigenvalue weighted by molar-refractivity contribution is 0.0641. The fourth-order valence-electron chi connectivity index (χ4n) is 1.64. The van der Waals surface area contributed by atoms with Crippen LogP contribution in [-0.4, -0.2) is 24.2 Å². The Bertz CT molecular complexity index is 117. The second kappa shape index (κ2) is 3.81. The summed E-state index contributed by atoms with van der Waals surface area (Å²) >= 11 is 2.01. The van der Waals surface area contributed by atoms with Gasteiger partial charge in [0.1, 0.15) is 0 Å². The van der Waals surface area contributed by atoms with Gasteiger partial charge in [-0.3, -0.25) is 0 Å². The van der Waals surface area contributed by atoms with E-state index < -0.39 is 0 Å². The maximum atomic E-state index is 5.32. The zero-order chi connectivity index (χ0) is 8.32. The van der Waals surface area contributed by atoms with Gasteiger partial charge in [0.05, 0.1) is 6.10 Å². The molecule has 2 heteroatoms. The Morgan fingerprint density at radius 2 is 1.91 bits per heavy atom. The summed E-state index contributed by atoms with van der Waals surface area (Å²) in [6.07, 6.45) is 7.86. The lowest BCUT2D eigenvalue weighted by atomic mass is 9.88. The third kappa shape index (κ3) is 2.38. The molecule has 1 aliphatic rings. The molecule has 1 aliphatic carbocycles. The number of thioether (sulfide) groups is 1. The summed E-state index contributed by atoms with van der Waals surface area (Å²) in [4.78, 5) is 0. The molecule has 0 aromatic rings. The quantitative estimate of drug-likeness (QED) is 0.636. The van der Waals surface area contributed by atoms with Gasteiger partial charge in [0.25, 0.3) is 0 Å². The highest BCUT2D eigenvalue weighted by Gasteiger charge is 2.29. The third-order valence-corrected chi connectivity index (χ3v) is 4.21. The summed E-state index contributed by atoms with van der Waals surface area (Å²) in [5.41, 5.74) is 0. The molecule has 0 aliphatic heterocycles. The first-order chi connectivity index (χ1) is 5.20. The van der Waals surface area contributed by atoms with E-state index in [1.54, 1.807) is 0 Å². The topological polar surface area (TPSA) is 9.23 Å². The van der Waals surface area contributed by atoms with Gasteiger partial charge in [-0.15, -0.1) is 0 Å². The average Bonchev–Trinajstić information content (AvgIpc) is 2.06. The van der Waals surface area contributed by atoms with Crippen LogP contribution in [0.4, 0.5) is 0 Å². The van der Waals surface area contributed by atoms with Crippen molar-refractivity contribution >= 4 is 11.8 Å². The third-order valence-electron chi connectivity index (χ3n) is 2.82. The molecule has 0 atom stereocenters. The highest BCUT2D eigenvalue weighted by Crippen LogP contribution is 2.38. The fourth-order valence-corrected chi connectivity index (χ4v) is 2.29. The van der Waals surface area contributed by atoms with Gasteiger partial charge in [0.15, 0.2) is 0 Å². The monoisotopic (exact) mass is 174 g/mol. The first-order valence-electron chi connectivity index (χ1n) is 4.28. The summed E-state index contributed by atoms with van der Waals surface area (Å²) in [5, 5.41) is 0. The molecule has 0 saturated heterocycles. The van der Waals surface area contributed by atoms with Crippen LogP contribution in [-0.2, 0) is 4.74 Å². The van der Waals surface area contributed by atoms with Crippen molar-refractivity contribution in [3.05, 3.63) is 0 Å². The van der Waals surface area contributed by atoms with Gasteiger partial charge < -0.3 is 4.74 Å². The number of rotatable bonds is 2. The van der Waals surface area contributed by atoms with E-state index in [-0.39, 0.29) is 0 Å². The fraction of sp³-hybridized carbons (Fsp3) is 1.00. The van der Waals surface area contributed by atoms with Crippen LogP contribution in [0, 0.1) is 0 Å². The Labute approximate surface area is 73.9 Å². The van der Waals surface area contributed by atoms with Crippen LogP contribution in [0.2, 0.25) is 0 Å². The van der Waals surface area contributed by atoms with Crippen molar-refractivity contribution in [1.82, 2.24) is 0 Å². The van der Waals surface area contributed by atoms with Crippen LogP contribution < -0.4 is 0 Å². The van der Waals surface area contributed by atoms with Crippen molar-refractivity contribution in [2.45, 2.75) is 43.5 Å². The Morgan fingerprint density at radius 3 is 2.27 bits per heavy atom. The predicted molar refractivity (Wildman–Crippen MR) is 51.2 cm³/mol. The van der Waals surface area contributed by atoms with Crippen LogP contribution in [0.15, 0.2) is 0 Å². The van der Waals surface area contributed by atoms with Gasteiger partial charge in [-0.1, -0.05) is 6.92 Å². The molecule has 0 bridgehead atoms. The van der Waals surface area contributed by atoms with Crippen molar-refractivity contribution in [2.24, 2.45) is 0 Å². The highest BCUT2D eigenvalue weighted by molar-refractivity contribution is 7.99. The minimum atomic E-state index is 0.537. The maximum Gasteiger partial charge on any atom is 0.0572 e. The zero-order valence-corrected chi connectivity index (χ0v) is 8.54. The number of methoxy groups -OCH3 is 1. The Kier molecular flexibility index (Phi) is 3.26. The standard InChI is InChI=1S/C9H18OS/c1-9(11-3)6-4-8(10-2)5-7-9/h8H,4-7H2,1-3H3.